The lowest BCUT2D eigenvalue weighted by molar-refractivity contribution is -0.116. The Bertz CT molecular complexity index is 962. The molecule has 2 aromatic carbocycles. The molecule has 0 fully saturated rings. The number of hydrogen-bond donors (Lipinski definition) is 3. The van der Waals surface area contributed by atoms with E-state index < -0.39 is 15.6 Å². The van der Waals surface area contributed by atoms with E-state index in [1.165, 1.54) is 19.1 Å². The summed E-state index contributed by atoms with van der Waals surface area (Å²) < 4.78 is 27.4. The molecule has 0 aromatic heterocycles. The van der Waals surface area contributed by atoms with E-state index in [4.69, 9.17) is 0 Å². The summed E-state index contributed by atoms with van der Waals surface area (Å²) in [5, 5.41) is 5.37. The van der Waals surface area contributed by atoms with Gasteiger partial charge in [-0.2, -0.15) is 0 Å². The second-order valence-electron chi connectivity index (χ2n) is 7.49. The van der Waals surface area contributed by atoms with Gasteiger partial charge in [-0.05, 0) is 56.7 Å². The fraction of sp³-hybridized carbons (Fsp3) is 0.300. The summed E-state index contributed by atoms with van der Waals surface area (Å²) in [6, 6.07) is 13.0. The van der Waals surface area contributed by atoms with E-state index in [0.29, 0.717) is 11.4 Å². The maximum atomic E-state index is 12.4. The van der Waals surface area contributed by atoms with Crippen LogP contribution in [0.3, 0.4) is 0 Å². The lowest BCUT2D eigenvalue weighted by atomic mass is 10.1. The molecule has 0 unspecified atom stereocenters. The number of hydrogen-bond acceptors (Lipinski definition) is 4. The van der Waals surface area contributed by atoms with Crippen molar-refractivity contribution in [3.8, 4) is 0 Å². The molecule has 2 rings (SSSR count). The van der Waals surface area contributed by atoms with Crippen molar-refractivity contribution < 1.29 is 18.0 Å². The third-order valence-corrected chi connectivity index (χ3v) is 5.26. The summed E-state index contributed by atoms with van der Waals surface area (Å²) in [6.07, 6.45) is 0.123. The monoisotopic (exact) mass is 403 g/mol. The lowest BCUT2D eigenvalue weighted by Crippen LogP contribution is -2.40. The van der Waals surface area contributed by atoms with Crippen LogP contribution in [0.5, 0.6) is 0 Å². The fourth-order valence-electron chi connectivity index (χ4n) is 2.50. The summed E-state index contributed by atoms with van der Waals surface area (Å²) in [6.45, 7) is 6.70. The Labute approximate surface area is 165 Å². The largest absolute Gasteiger partial charge is 0.326 e. The third-order valence-electron chi connectivity index (χ3n) is 3.51. The van der Waals surface area contributed by atoms with Gasteiger partial charge in [-0.15, -0.1) is 0 Å². The molecule has 0 radical (unpaired) electrons. The van der Waals surface area contributed by atoms with E-state index in [0.717, 1.165) is 5.56 Å². The Kier molecular flexibility index (Phi) is 6.58. The third kappa shape index (κ3) is 6.79. The Morgan fingerprint density at radius 3 is 2.14 bits per heavy atom. The van der Waals surface area contributed by atoms with Gasteiger partial charge < -0.3 is 10.6 Å². The number of anilines is 2. The van der Waals surface area contributed by atoms with Crippen LogP contribution in [0.4, 0.5) is 11.4 Å². The van der Waals surface area contributed by atoms with Gasteiger partial charge in [0.15, 0.2) is 0 Å². The molecule has 2 aromatic rings. The van der Waals surface area contributed by atoms with Crippen molar-refractivity contribution >= 4 is 33.2 Å². The molecule has 0 heterocycles. The van der Waals surface area contributed by atoms with Gasteiger partial charge in [0.1, 0.15) is 0 Å². The predicted molar refractivity (Wildman–Crippen MR) is 110 cm³/mol. The number of nitrogens with one attached hydrogen (secondary N) is 3. The van der Waals surface area contributed by atoms with Gasteiger partial charge in [-0.25, -0.2) is 13.1 Å². The van der Waals surface area contributed by atoms with Crippen LogP contribution in [0.2, 0.25) is 0 Å². The van der Waals surface area contributed by atoms with Gasteiger partial charge in [-0.3, -0.25) is 9.59 Å². The summed E-state index contributed by atoms with van der Waals surface area (Å²) in [5.74, 6) is -0.438. The van der Waals surface area contributed by atoms with E-state index in [2.05, 4.69) is 15.4 Å². The highest BCUT2D eigenvalue weighted by Gasteiger charge is 2.22. The molecule has 28 heavy (non-hydrogen) atoms. The Morgan fingerprint density at radius 1 is 0.929 bits per heavy atom. The van der Waals surface area contributed by atoms with Gasteiger partial charge in [0.2, 0.25) is 21.8 Å². The maximum absolute atomic E-state index is 12.4. The van der Waals surface area contributed by atoms with Crippen molar-refractivity contribution in [2.45, 2.75) is 44.6 Å². The molecule has 3 N–H and O–H groups in total. The molecular formula is C20H25N3O4S. The van der Waals surface area contributed by atoms with Gasteiger partial charge in [0, 0.05) is 23.8 Å². The summed E-state index contributed by atoms with van der Waals surface area (Å²) in [5.41, 5.74) is 1.21. The SMILES string of the molecule is CC(=O)Nc1ccc(CC(=O)Nc2cccc(S(=O)(=O)NC(C)(C)C)c2)cc1. The summed E-state index contributed by atoms with van der Waals surface area (Å²) in [7, 11) is -3.69. The number of carbonyl (C=O) groups is 2. The summed E-state index contributed by atoms with van der Waals surface area (Å²) >= 11 is 0. The van der Waals surface area contributed by atoms with Crippen molar-refractivity contribution in [1.29, 1.82) is 0 Å². The molecule has 0 spiro atoms. The molecular weight excluding hydrogens is 378 g/mol. The average Bonchev–Trinajstić information content (AvgIpc) is 2.54. The highest BCUT2D eigenvalue weighted by atomic mass is 32.2. The first-order valence-electron chi connectivity index (χ1n) is 8.75. The van der Waals surface area contributed by atoms with E-state index in [1.54, 1.807) is 57.2 Å². The number of carbonyl (C=O) groups excluding carboxylic acids is 2. The smallest absolute Gasteiger partial charge is 0.241 e. The Morgan fingerprint density at radius 2 is 1.57 bits per heavy atom. The lowest BCUT2D eigenvalue weighted by Gasteiger charge is -2.20. The molecule has 0 atom stereocenters. The predicted octanol–water partition coefficient (Wildman–Crippen LogP) is 2.90. The number of rotatable bonds is 6. The molecule has 0 aliphatic carbocycles. The highest BCUT2D eigenvalue weighted by molar-refractivity contribution is 7.89. The van der Waals surface area contributed by atoms with Gasteiger partial charge >= 0.3 is 0 Å². The molecule has 0 aliphatic heterocycles. The number of sulfonamides is 1. The first kappa shape index (κ1) is 21.6. The zero-order valence-corrected chi connectivity index (χ0v) is 17.2. The van der Waals surface area contributed by atoms with E-state index in [9.17, 15) is 18.0 Å². The molecule has 0 saturated carbocycles. The van der Waals surface area contributed by atoms with E-state index >= 15 is 0 Å². The second kappa shape index (κ2) is 8.53. The number of benzene rings is 2. The van der Waals surface area contributed by atoms with Crippen molar-refractivity contribution in [3.05, 3.63) is 54.1 Å². The maximum Gasteiger partial charge on any atom is 0.241 e. The minimum atomic E-state index is -3.69. The van der Waals surface area contributed by atoms with E-state index in [1.807, 2.05) is 0 Å². The topological polar surface area (TPSA) is 104 Å². The van der Waals surface area contributed by atoms with Crippen LogP contribution >= 0.6 is 0 Å². The quantitative estimate of drug-likeness (QED) is 0.690. The van der Waals surface area contributed by atoms with E-state index in [-0.39, 0.29) is 23.1 Å². The average molecular weight is 404 g/mol. The Hall–Kier alpha value is -2.71. The molecule has 0 bridgehead atoms. The second-order valence-corrected chi connectivity index (χ2v) is 9.17. The molecule has 0 saturated heterocycles. The zero-order chi connectivity index (χ0) is 20.9. The van der Waals surface area contributed by atoms with Crippen molar-refractivity contribution in [2.75, 3.05) is 10.6 Å². The first-order valence-corrected chi connectivity index (χ1v) is 10.2. The Balaban J connectivity index is 2.05. The first-order chi connectivity index (χ1) is 12.9. The van der Waals surface area contributed by atoms with Gasteiger partial charge in [0.05, 0.1) is 11.3 Å². The molecule has 0 aliphatic rings. The molecule has 2 amide bonds. The zero-order valence-electron chi connectivity index (χ0n) is 16.4. The van der Waals surface area contributed by atoms with Crippen LogP contribution in [0.25, 0.3) is 0 Å². The highest BCUT2D eigenvalue weighted by Crippen LogP contribution is 2.18. The van der Waals surface area contributed by atoms with Crippen molar-refractivity contribution in [2.24, 2.45) is 0 Å². The van der Waals surface area contributed by atoms with Crippen molar-refractivity contribution in [1.82, 2.24) is 4.72 Å². The van der Waals surface area contributed by atoms with Crippen LogP contribution < -0.4 is 15.4 Å². The van der Waals surface area contributed by atoms with Crippen LogP contribution in [-0.2, 0) is 26.0 Å². The number of amides is 2. The fourth-order valence-corrected chi connectivity index (χ4v) is 3.97. The molecule has 8 heteroatoms. The van der Waals surface area contributed by atoms with Gasteiger partial charge in [-0.1, -0.05) is 18.2 Å². The van der Waals surface area contributed by atoms with Crippen LogP contribution in [-0.4, -0.2) is 25.8 Å². The standard InChI is InChI=1S/C20H25N3O4S/c1-14(24)21-16-10-8-15(9-11-16)12-19(25)22-17-6-5-7-18(13-17)28(26,27)23-20(2,3)4/h5-11,13,23H,12H2,1-4H3,(H,21,24)(H,22,25). The van der Waals surface area contributed by atoms with Crippen LogP contribution in [0.15, 0.2) is 53.4 Å². The summed E-state index contributed by atoms with van der Waals surface area (Å²) in [4.78, 5) is 23.4. The minimum absolute atomic E-state index is 0.0832. The minimum Gasteiger partial charge on any atom is -0.326 e. The van der Waals surface area contributed by atoms with Crippen LogP contribution in [0, 0.1) is 0 Å². The van der Waals surface area contributed by atoms with Crippen molar-refractivity contribution in [3.63, 3.8) is 0 Å². The normalized spacial score (nSPS) is 11.7. The van der Waals surface area contributed by atoms with Gasteiger partial charge in [0.25, 0.3) is 0 Å². The van der Waals surface area contributed by atoms with Crippen LogP contribution in [0.1, 0.15) is 33.3 Å². The molecule has 7 nitrogen and oxygen atoms in total. The molecule has 150 valence electrons.